The minimum atomic E-state index is -0.595. The number of amides is 1. The minimum Gasteiger partial charge on any atom is -0.496 e. The fourth-order valence-electron chi connectivity index (χ4n) is 1.60. The highest BCUT2D eigenvalue weighted by molar-refractivity contribution is 14.1. The second-order valence-corrected chi connectivity index (χ2v) is 5.69. The molecule has 0 aliphatic rings. The highest BCUT2D eigenvalue weighted by Crippen LogP contribution is 2.28. The van der Waals surface area contributed by atoms with E-state index in [1.165, 1.54) is 14.2 Å². The lowest BCUT2D eigenvalue weighted by atomic mass is 10.2. The predicted octanol–water partition coefficient (Wildman–Crippen LogP) is 2.08. The van der Waals surface area contributed by atoms with E-state index in [1.807, 2.05) is 0 Å². The molecule has 1 amide bonds. The van der Waals surface area contributed by atoms with Gasteiger partial charge in [0.2, 0.25) is 0 Å². The van der Waals surface area contributed by atoms with Gasteiger partial charge in [0.1, 0.15) is 5.75 Å². The van der Waals surface area contributed by atoms with Crippen molar-refractivity contribution in [1.29, 1.82) is 0 Å². The van der Waals surface area contributed by atoms with E-state index < -0.39 is 6.10 Å². The molecule has 1 rings (SSSR count). The molecule has 1 aromatic rings. The summed E-state index contributed by atoms with van der Waals surface area (Å²) in [4.78, 5) is 12.1. The van der Waals surface area contributed by atoms with Crippen molar-refractivity contribution in [1.82, 2.24) is 5.32 Å². The maximum Gasteiger partial charge on any atom is 0.255 e. The Kier molecular flexibility index (Phi) is 7.57. The molecule has 0 aliphatic carbocycles. The Morgan fingerprint density at radius 1 is 1.50 bits per heavy atom. The van der Waals surface area contributed by atoms with Crippen LogP contribution in [-0.2, 0) is 4.74 Å². The van der Waals surface area contributed by atoms with Gasteiger partial charge in [0.15, 0.2) is 0 Å². The molecule has 0 aromatic heterocycles. The van der Waals surface area contributed by atoms with Crippen LogP contribution in [0.25, 0.3) is 0 Å². The van der Waals surface area contributed by atoms with Crippen molar-refractivity contribution >= 4 is 40.1 Å². The number of nitrogens with one attached hydrogen (secondary N) is 1. The number of carbonyl (C=O) groups is 1. The van der Waals surface area contributed by atoms with Crippen molar-refractivity contribution in [2.45, 2.75) is 12.5 Å². The third-order valence-electron chi connectivity index (χ3n) is 2.61. The third kappa shape index (κ3) is 5.08. The molecule has 0 aliphatic heterocycles. The molecule has 1 unspecified atom stereocenters. The first-order chi connectivity index (χ1) is 9.49. The van der Waals surface area contributed by atoms with Crippen LogP contribution in [0, 0.1) is 3.57 Å². The standard InChI is InChI=1S/C13H17ClINO4/c1-19-7-8(17)3-4-16-13(18)9-5-10(14)11(15)6-12(9)20-2/h5-6,8,17H,3-4,7H2,1-2H3,(H,16,18). The van der Waals surface area contributed by atoms with Crippen molar-refractivity contribution in [3.05, 3.63) is 26.3 Å². The summed E-state index contributed by atoms with van der Waals surface area (Å²) in [5.74, 6) is 0.179. The number of ether oxygens (including phenoxy) is 2. The molecule has 1 aromatic carbocycles. The summed E-state index contributed by atoms with van der Waals surface area (Å²) < 4.78 is 10.8. The monoisotopic (exact) mass is 413 g/mol. The number of rotatable bonds is 7. The van der Waals surface area contributed by atoms with E-state index >= 15 is 0 Å². The van der Waals surface area contributed by atoms with E-state index in [2.05, 4.69) is 27.9 Å². The topological polar surface area (TPSA) is 67.8 Å². The molecule has 20 heavy (non-hydrogen) atoms. The highest BCUT2D eigenvalue weighted by Gasteiger charge is 2.15. The minimum absolute atomic E-state index is 0.245. The van der Waals surface area contributed by atoms with E-state index in [0.29, 0.717) is 29.3 Å². The lowest BCUT2D eigenvalue weighted by molar-refractivity contribution is 0.0587. The summed E-state index contributed by atoms with van der Waals surface area (Å²) in [6.45, 7) is 0.588. The summed E-state index contributed by atoms with van der Waals surface area (Å²) in [6.07, 6.45) is -0.178. The first-order valence-corrected chi connectivity index (χ1v) is 7.43. The Morgan fingerprint density at radius 2 is 2.20 bits per heavy atom. The summed E-state index contributed by atoms with van der Waals surface area (Å²) in [5, 5.41) is 12.7. The predicted molar refractivity (Wildman–Crippen MR) is 85.6 cm³/mol. The van der Waals surface area contributed by atoms with Gasteiger partial charge in [-0.15, -0.1) is 0 Å². The van der Waals surface area contributed by atoms with Crippen LogP contribution in [-0.4, -0.2) is 44.5 Å². The number of carbonyl (C=O) groups excluding carboxylic acids is 1. The maximum atomic E-state index is 12.1. The van der Waals surface area contributed by atoms with Gasteiger partial charge < -0.3 is 19.9 Å². The van der Waals surface area contributed by atoms with Crippen molar-refractivity contribution in [3.63, 3.8) is 0 Å². The SMILES string of the molecule is COCC(O)CCNC(=O)c1cc(Cl)c(I)cc1OC. The fraction of sp³-hybridized carbons (Fsp3) is 0.462. The Bertz CT molecular complexity index is 470. The van der Waals surface area contributed by atoms with Gasteiger partial charge in [-0.3, -0.25) is 4.79 Å². The summed E-state index contributed by atoms with van der Waals surface area (Å²) >= 11 is 8.08. The summed E-state index contributed by atoms with van der Waals surface area (Å²) in [5.41, 5.74) is 0.374. The number of benzene rings is 1. The molecule has 5 nitrogen and oxygen atoms in total. The number of hydrogen-bond donors (Lipinski definition) is 2. The maximum absolute atomic E-state index is 12.1. The molecule has 7 heteroatoms. The smallest absolute Gasteiger partial charge is 0.255 e. The zero-order valence-electron chi connectivity index (χ0n) is 11.3. The molecule has 2 N–H and O–H groups in total. The van der Waals surface area contributed by atoms with Gasteiger partial charge in [-0.05, 0) is 41.1 Å². The quantitative estimate of drug-likeness (QED) is 0.672. The second kappa shape index (κ2) is 8.66. The lowest BCUT2D eigenvalue weighted by Crippen LogP contribution is -2.28. The van der Waals surface area contributed by atoms with Crippen LogP contribution in [0.2, 0.25) is 5.02 Å². The number of methoxy groups -OCH3 is 2. The van der Waals surface area contributed by atoms with Crippen LogP contribution in [0.3, 0.4) is 0 Å². The van der Waals surface area contributed by atoms with E-state index in [1.54, 1.807) is 12.1 Å². The first-order valence-electron chi connectivity index (χ1n) is 5.97. The van der Waals surface area contributed by atoms with Crippen molar-refractivity contribution in [2.75, 3.05) is 27.4 Å². The van der Waals surface area contributed by atoms with Gasteiger partial charge in [0, 0.05) is 17.2 Å². The zero-order chi connectivity index (χ0) is 15.1. The van der Waals surface area contributed by atoms with E-state index in [9.17, 15) is 9.90 Å². The van der Waals surface area contributed by atoms with Gasteiger partial charge in [-0.2, -0.15) is 0 Å². The van der Waals surface area contributed by atoms with Gasteiger partial charge in [-0.25, -0.2) is 0 Å². The summed E-state index contributed by atoms with van der Waals surface area (Å²) in [7, 11) is 3.01. The van der Waals surface area contributed by atoms with Gasteiger partial charge in [0.05, 0.1) is 30.4 Å². The normalized spacial score (nSPS) is 12.1. The second-order valence-electron chi connectivity index (χ2n) is 4.12. The van der Waals surface area contributed by atoms with E-state index in [-0.39, 0.29) is 12.5 Å². The van der Waals surface area contributed by atoms with Crippen LogP contribution in [0.15, 0.2) is 12.1 Å². The fourth-order valence-corrected chi connectivity index (χ4v) is 2.20. The number of halogens is 2. The average Bonchev–Trinajstić information content (AvgIpc) is 2.41. The van der Waals surface area contributed by atoms with Crippen LogP contribution >= 0.6 is 34.2 Å². The van der Waals surface area contributed by atoms with Crippen molar-refractivity contribution in [3.8, 4) is 5.75 Å². The molecule has 0 saturated carbocycles. The molecule has 0 saturated heterocycles. The molecule has 0 radical (unpaired) electrons. The van der Waals surface area contributed by atoms with Crippen LogP contribution < -0.4 is 10.1 Å². The van der Waals surface area contributed by atoms with E-state index in [0.717, 1.165) is 3.57 Å². The molecule has 0 heterocycles. The van der Waals surface area contributed by atoms with Gasteiger partial charge >= 0.3 is 0 Å². The molecule has 0 fully saturated rings. The van der Waals surface area contributed by atoms with Crippen LogP contribution in [0.5, 0.6) is 5.75 Å². The summed E-state index contributed by atoms with van der Waals surface area (Å²) in [6, 6.07) is 3.28. The Morgan fingerprint density at radius 3 is 2.80 bits per heavy atom. The zero-order valence-corrected chi connectivity index (χ0v) is 14.2. The largest absolute Gasteiger partial charge is 0.496 e. The molecule has 0 spiro atoms. The number of hydrogen-bond acceptors (Lipinski definition) is 4. The molecule has 0 bridgehead atoms. The first kappa shape index (κ1) is 17.5. The van der Waals surface area contributed by atoms with Crippen molar-refractivity contribution < 1.29 is 19.4 Å². The Balaban J connectivity index is 2.65. The average molecular weight is 414 g/mol. The van der Waals surface area contributed by atoms with Crippen LogP contribution in [0.1, 0.15) is 16.8 Å². The highest BCUT2D eigenvalue weighted by atomic mass is 127. The molecule has 1 atom stereocenters. The Labute approximate surface area is 136 Å². The molecular formula is C13H17ClINO4. The Hall–Kier alpha value is -0.570. The lowest BCUT2D eigenvalue weighted by Gasteiger charge is -2.12. The molecular weight excluding hydrogens is 397 g/mol. The molecule has 112 valence electrons. The van der Waals surface area contributed by atoms with Gasteiger partial charge in [-0.1, -0.05) is 11.6 Å². The van der Waals surface area contributed by atoms with Gasteiger partial charge in [0.25, 0.3) is 5.91 Å². The van der Waals surface area contributed by atoms with Crippen LogP contribution in [0.4, 0.5) is 0 Å². The van der Waals surface area contributed by atoms with Crippen molar-refractivity contribution in [2.24, 2.45) is 0 Å². The third-order valence-corrected chi connectivity index (χ3v) is 4.13. The number of aliphatic hydroxyl groups excluding tert-OH is 1. The van der Waals surface area contributed by atoms with E-state index in [4.69, 9.17) is 21.1 Å². The number of aliphatic hydroxyl groups is 1.